The fourth-order valence-corrected chi connectivity index (χ4v) is 5.79. The fraction of sp³-hybridized carbons (Fsp3) is 0.500. The van der Waals surface area contributed by atoms with Gasteiger partial charge in [-0.05, 0) is 36.1 Å². The summed E-state index contributed by atoms with van der Waals surface area (Å²) in [5.74, 6) is 0.257. The Labute approximate surface area is 204 Å². The van der Waals surface area contributed by atoms with Crippen LogP contribution < -0.4 is 4.90 Å². The number of benzene rings is 2. The van der Waals surface area contributed by atoms with Gasteiger partial charge in [-0.3, -0.25) is 4.79 Å². The van der Waals surface area contributed by atoms with Crippen LogP contribution in [0.4, 0.5) is 5.69 Å². The van der Waals surface area contributed by atoms with E-state index in [1.54, 1.807) is 18.3 Å². The van der Waals surface area contributed by atoms with Crippen LogP contribution in [-0.4, -0.2) is 69.5 Å². The van der Waals surface area contributed by atoms with Crippen molar-refractivity contribution < 1.29 is 17.9 Å². The number of carbonyl (C=O) groups excluding carboxylic acids is 1. The minimum Gasteiger partial charge on any atom is -0.372 e. The van der Waals surface area contributed by atoms with E-state index in [1.165, 1.54) is 0 Å². The number of rotatable bonds is 10. The zero-order valence-electron chi connectivity index (χ0n) is 20.7. The second-order valence-electron chi connectivity index (χ2n) is 9.28. The first-order chi connectivity index (χ1) is 16.2. The number of carbonyl (C=O) groups is 1. The predicted molar refractivity (Wildman–Crippen MR) is 136 cm³/mol. The third-order valence-corrected chi connectivity index (χ3v) is 7.87. The van der Waals surface area contributed by atoms with Crippen molar-refractivity contribution in [1.82, 2.24) is 9.21 Å². The van der Waals surface area contributed by atoms with Gasteiger partial charge in [-0.1, -0.05) is 56.3 Å². The van der Waals surface area contributed by atoms with Crippen molar-refractivity contribution in [2.45, 2.75) is 39.2 Å². The van der Waals surface area contributed by atoms with E-state index in [0.717, 1.165) is 29.9 Å². The molecule has 0 aliphatic carbocycles. The molecule has 1 atom stereocenters. The molecule has 0 spiro atoms. The average molecular weight is 488 g/mol. The Morgan fingerprint density at radius 2 is 1.56 bits per heavy atom. The molecule has 0 saturated carbocycles. The molecule has 0 N–H and O–H groups in total. The maximum atomic E-state index is 13.2. The average Bonchev–Trinajstić information content (AvgIpc) is 2.83. The van der Waals surface area contributed by atoms with Gasteiger partial charge in [-0.2, -0.15) is 4.31 Å². The lowest BCUT2D eigenvalue weighted by Gasteiger charge is -2.37. The number of hydrogen-bond donors (Lipinski definition) is 0. The van der Waals surface area contributed by atoms with E-state index in [-0.39, 0.29) is 17.6 Å². The molecule has 1 aliphatic rings. The largest absolute Gasteiger partial charge is 0.372 e. The molecule has 1 amide bonds. The number of methoxy groups -OCH3 is 1. The molecule has 34 heavy (non-hydrogen) atoms. The van der Waals surface area contributed by atoms with Gasteiger partial charge < -0.3 is 14.5 Å². The highest BCUT2D eigenvalue weighted by Crippen LogP contribution is 2.21. The summed E-state index contributed by atoms with van der Waals surface area (Å²) in [5.41, 5.74) is 2.84. The topological polar surface area (TPSA) is 70.2 Å². The highest BCUT2D eigenvalue weighted by Gasteiger charge is 2.26. The van der Waals surface area contributed by atoms with Crippen molar-refractivity contribution in [3.63, 3.8) is 0 Å². The van der Waals surface area contributed by atoms with Crippen LogP contribution in [-0.2, 0) is 31.9 Å². The van der Waals surface area contributed by atoms with E-state index in [4.69, 9.17) is 4.74 Å². The van der Waals surface area contributed by atoms with Crippen molar-refractivity contribution in [3.8, 4) is 0 Å². The van der Waals surface area contributed by atoms with Gasteiger partial charge in [0.25, 0.3) is 5.91 Å². The van der Waals surface area contributed by atoms with Gasteiger partial charge in [-0.15, -0.1) is 0 Å². The maximum absolute atomic E-state index is 13.2. The highest BCUT2D eigenvalue weighted by molar-refractivity contribution is 7.88. The Morgan fingerprint density at radius 1 is 0.941 bits per heavy atom. The van der Waals surface area contributed by atoms with Crippen LogP contribution >= 0.6 is 0 Å². The molecule has 0 radical (unpaired) electrons. The van der Waals surface area contributed by atoms with Gasteiger partial charge in [-0.25, -0.2) is 8.42 Å². The third kappa shape index (κ3) is 7.04. The Bertz CT molecular complexity index is 1020. The summed E-state index contributed by atoms with van der Waals surface area (Å²) in [6, 6.07) is 17.4. The van der Waals surface area contributed by atoms with Crippen molar-refractivity contribution in [3.05, 3.63) is 65.7 Å². The van der Waals surface area contributed by atoms with Gasteiger partial charge in [0.15, 0.2) is 0 Å². The summed E-state index contributed by atoms with van der Waals surface area (Å²) >= 11 is 0. The minimum absolute atomic E-state index is 0.00330. The van der Waals surface area contributed by atoms with Gasteiger partial charge >= 0.3 is 0 Å². The molecule has 0 aromatic heterocycles. The number of nitrogens with zero attached hydrogens (tertiary/aromatic N) is 3. The molecule has 1 heterocycles. The van der Waals surface area contributed by atoms with E-state index in [1.807, 2.05) is 73.3 Å². The standard InChI is InChI=1S/C26H37N3O4S/c1-21(2)18-29(34(31,32)20-24-8-6-5-7-9-24)19-23-10-12-25(13-11-23)27-14-16-28(17-15-27)26(30)22(3)33-4/h5-13,21-22H,14-20H2,1-4H3. The molecule has 1 unspecified atom stereocenters. The molecule has 7 nitrogen and oxygen atoms in total. The summed E-state index contributed by atoms with van der Waals surface area (Å²) in [7, 11) is -1.90. The second-order valence-corrected chi connectivity index (χ2v) is 11.3. The molecule has 1 saturated heterocycles. The Balaban J connectivity index is 1.64. The molecule has 1 aliphatic heterocycles. The molecular formula is C26H37N3O4S. The lowest BCUT2D eigenvalue weighted by atomic mass is 10.1. The van der Waals surface area contributed by atoms with Crippen LogP contribution in [0.15, 0.2) is 54.6 Å². The van der Waals surface area contributed by atoms with E-state index in [9.17, 15) is 13.2 Å². The molecule has 0 bridgehead atoms. The van der Waals surface area contributed by atoms with E-state index >= 15 is 0 Å². The van der Waals surface area contributed by atoms with E-state index in [0.29, 0.717) is 26.2 Å². The van der Waals surface area contributed by atoms with Gasteiger partial charge in [0.2, 0.25) is 10.0 Å². The normalized spacial score (nSPS) is 15.7. The molecule has 1 fully saturated rings. The zero-order valence-corrected chi connectivity index (χ0v) is 21.5. The van der Waals surface area contributed by atoms with E-state index in [2.05, 4.69) is 4.90 Å². The fourth-order valence-electron chi connectivity index (χ4n) is 4.12. The van der Waals surface area contributed by atoms with Crippen LogP contribution in [0.3, 0.4) is 0 Å². The molecule has 2 aromatic rings. The lowest BCUT2D eigenvalue weighted by molar-refractivity contribution is -0.141. The highest BCUT2D eigenvalue weighted by atomic mass is 32.2. The number of anilines is 1. The molecular weight excluding hydrogens is 450 g/mol. The van der Waals surface area contributed by atoms with Crippen LogP contribution in [0.25, 0.3) is 0 Å². The van der Waals surface area contributed by atoms with Crippen molar-refractivity contribution >= 4 is 21.6 Å². The number of ether oxygens (including phenoxy) is 1. The summed E-state index contributed by atoms with van der Waals surface area (Å²) in [4.78, 5) is 16.4. The van der Waals surface area contributed by atoms with Crippen LogP contribution in [0.1, 0.15) is 31.9 Å². The Hall–Kier alpha value is -2.42. The SMILES string of the molecule is COC(C)C(=O)N1CCN(c2ccc(CN(CC(C)C)S(=O)(=O)Cc3ccccc3)cc2)CC1. The third-order valence-electron chi connectivity index (χ3n) is 6.11. The summed E-state index contributed by atoms with van der Waals surface area (Å²) in [6.45, 7) is 9.51. The van der Waals surface area contributed by atoms with Gasteiger partial charge in [0, 0.05) is 52.1 Å². The summed E-state index contributed by atoms with van der Waals surface area (Å²) in [6.07, 6.45) is -0.419. The van der Waals surface area contributed by atoms with Crippen LogP contribution in [0, 0.1) is 5.92 Å². The minimum atomic E-state index is -3.45. The second kappa shape index (κ2) is 11.8. The Kier molecular flexibility index (Phi) is 9.10. The van der Waals surface area contributed by atoms with Crippen LogP contribution in [0.5, 0.6) is 0 Å². The van der Waals surface area contributed by atoms with Crippen LogP contribution in [0.2, 0.25) is 0 Å². The maximum Gasteiger partial charge on any atom is 0.251 e. The smallest absolute Gasteiger partial charge is 0.251 e. The monoisotopic (exact) mass is 487 g/mol. The lowest BCUT2D eigenvalue weighted by Crippen LogP contribution is -2.51. The molecule has 8 heteroatoms. The Morgan fingerprint density at radius 3 is 2.12 bits per heavy atom. The molecule has 2 aromatic carbocycles. The van der Waals surface area contributed by atoms with Gasteiger partial charge in [0.05, 0.1) is 5.75 Å². The summed E-state index contributed by atoms with van der Waals surface area (Å²) < 4.78 is 33.1. The first-order valence-corrected chi connectivity index (χ1v) is 13.5. The number of amides is 1. The quantitative estimate of drug-likeness (QED) is 0.514. The zero-order chi connectivity index (χ0) is 24.7. The van der Waals surface area contributed by atoms with Crippen molar-refractivity contribution in [2.24, 2.45) is 5.92 Å². The summed E-state index contributed by atoms with van der Waals surface area (Å²) in [5, 5.41) is 0. The van der Waals surface area contributed by atoms with E-state index < -0.39 is 16.1 Å². The van der Waals surface area contributed by atoms with Crippen molar-refractivity contribution in [1.29, 1.82) is 0 Å². The first kappa shape index (κ1) is 26.2. The van der Waals surface area contributed by atoms with Gasteiger partial charge in [0.1, 0.15) is 6.10 Å². The molecule has 3 rings (SSSR count). The number of sulfonamides is 1. The number of hydrogen-bond acceptors (Lipinski definition) is 5. The number of piperazine rings is 1. The predicted octanol–water partition coefficient (Wildman–Crippen LogP) is 3.36. The van der Waals surface area contributed by atoms with Crippen molar-refractivity contribution in [2.75, 3.05) is 44.7 Å². The molecule has 186 valence electrons. The first-order valence-electron chi connectivity index (χ1n) is 11.9.